The summed E-state index contributed by atoms with van der Waals surface area (Å²) in [6.07, 6.45) is 4.77. The predicted octanol–water partition coefficient (Wildman–Crippen LogP) is 1.34. The van der Waals surface area contributed by atoms with Crippen LogP contribution in [0.5, 0.6) is 5.88 Å². The fourth-order valence-electron chi connectivity index (χ4n) is 1.02. The van der Waals surface area contributed by atoms with Crippen LogP contribution in [0.25, 0.3) is 0 Å². The minimum atomic E-state index is -0.211. The summed E-state index contributed by atoms with van der Waals surface area (Å²) in [5, 5.41) is 0. The zero-order valence-electron chi connectivity index (χ0n) is 7.91. The molecule has 0 fully saturated rings. The van der Waals surface area contributed by atoms with E-state index in [1.54, 1.807) is 0 Å². The highest BCUT2D eigenvalue weighted by Gasteiger charge is 2.05. The van der Waals surface area contributed by atoms with Crippen LogP contribution in [0.3, 0.4) is 0 Å². The first-order chi connectivity index (χ1) is 6.26. The third-order valence-corrected chi connectivity index (χ3v) is 1.85. The second-order valence-electron chi connectivity index (χ2n) is 2.81. The van der Waals surface area contributed by atoms with E-state index in [0.29, 0.717) is 5.88 Å². The van der Waals surface area contributed by atoms with Crippen LogP contribution in [0.1, 0.15) is 26.7 Å². The molecule has 0 saturated carbocycles. The SMILES string of the molecule is CCC(CC)Oc1c[nH]c(=O)cn1. The maximum atomic E-state index is 10.7. The van der Waals surface area contributed by atoms with Crippen LogP contribution in [0, 0.1) is 0 Å². The Bertz CT molecular complexity index is 284. The fraction of sp³-hybridized carbons (Fsp3) is 0.556. The molecule has 0 saturated heterocycles. The number of hydrogen-bond acceptors (Lipinski definition) is 3. The lowest BCUT2D eigenvalue weighted by molar-refractivity contribution is 0.184. The summed E-state index contributed by atoms with van der Waals surface area (Å²) in [7, 11) is 0. The zero-order chi connectivity index (χ0) is 9.68. The van der Waals surface area contributed by atoms with Crippen molar-refractivity contribution in [3.63, 3.8) is 0 Å². The van der Waals surface area contributed by atoms with Gasteiger partial charge in [0, 0.05) is 0 Å². The lowest BCUT2D eigenvalue weighted by atomic mass is 10.2. The van der Waals surface area contributed by atoms with Gasteiger partial charge in [0.25, 0.3) is 5.56 Å². The monoisotopic (exact) mass is 182 g/mol. The molecule has 0 amide bonds. The molecule has 0 aliphatic heterocycles. The van der Waals surface area contributed by atoms with Gasteiger partial charge in [0.2, 0.25) is 5.88 Å². The van der Waals surface area contributed by atoms with Crippen LogP contribution in [0.15, 0.2) is 17.2 Å². The number of aromatic amines is 1. The number of ether oxygens (including phenoxy) is 1. The first kappa shape index (κ1) is 9.77. The van der Waals surface area contributed by atoms with Crippen LogP contribution < -0.4 is 10.3 Å². The summed E-state index contributed by atoms with van der Waals surface area (Å²) in [5.41, 5.74) is -0.211. The summed E-state index contributed by atoms with van der Waals surface area (Å²) in [5.74, 6) is 0.480. The quantitative estimate of drug-likeness (QED) is 0.764. The third kappa shape index (κ3) is 2.89. The lowest BCUT2D eigenvalue weighted by Crippen LogP contribution is -2.16. The van der Waals surface area contributed by atoms with E-state index in [1.807, 2.05) is 0 Å². The Balaban J connectivity index is 2.63. The van der Waals surface area contributed by atoms with Crippen molar-refractivity contribution in [3.05, 3.63) is 22.7 Å². The van der Waals surface area contributed by atoms with Gasteiger partial charge in [-0.3, -0.25) is 4.79 Å². The number of aromatic nitrogens is 2. The Labute approximate surface area is 77.0 Å². The fourth-order valence-corrected chi connectivity index (χ4v) is 1.02. The molecule has 72 valence electrons. The molecule has 4 nitrogen and oxygen atoms in total. The van der Waals surface area contributed by atoms with Crippen molar-refractivity contribution in [2.24, 2.45) is 0 Å². The summed E-state index contributed by atoms with van der Waals surface area (Å²) >= 11 is 0. The Morgan fingerprint density at radius 3 is 2.69 bits per heavy atom. The van der Waals surface area contributed by atoms with Crippen molar-refractivity contribution in [1.82, 2.24) is 9.97 Å². The van der Waals surface area contributed by atoms with Crippen molar-refractivity contribution < 1.29 is 4.74 Å². The van der Waals surface area contributed by atoms with Gasteiger partial charge < -0.3 is 9.72 Å². The number of nitrogens with one attached hydrogen (secondary N) is 1. The minimum absolute atomic E-state index is 0.179. The van der Waals surface area contributed by atoms with Crippen LogP contribution >= 0.6 is 0 Å². The molecular formula is C9H14N2O2. The molecule has 0 atom stereocenters. The van der Waals surface area contributed by atoms with Crippen molar-refractivity contribution in [2.75, 3.05) is 0 Å². The highest BCUT2D eigenvalue weighted by Crippen LogP contribution is 2.08. The molecule has 0 spiro atoms. The van der Waals surface area contributed by atoms with E-state index in [9.17, 15) is 4.79 Å². The Kier molecular flexibility index (Phi) is 3.49. The minimum Gasteiger partial charge on any atom is -0.473 e. The third-order valence-electron chi connectivity index (χ3n) is 1.85. The van der Waals surface area contributed by atoms with Gasteiger partial charge in [-0.25, -0.2) is 4.98 Å². The number of rotatable bonds is 4. The second-order valence-corrected chi connectivity index (χ2v) is 2.81. The molecule has 0 aliphatic carbocycles. The Hall–Kier alpha value is -1.32. The van der Waals surface area contributed by atoms with Crippen LogP contribution in [0.4, 0.5) is 0 Å². The first-order valence-corrected chi connectivity index (χ1v) is 4.47. The molecule has 1 heterocycles. The largest absolute Gasteiger partial charge is 0.473 e. The van der Waals surface area contributed by atoms with Gasteiger partial charge in [-0.2, -0.15) is 0 Å². The van der Waals surface area contributed by atoms with Gasteiger partial charge in [-0.15, -0.1) is 0 Å². The Morgan fingerprint density at radius 1 is 1.54 bits per heavy atom. The average Bonchev–Trinajstić information content (AvgIpc) is 2.17. The van der Waals surface area contributed by atoms with Crippen LogP contribution in [-0.4, -0.2) is 16.1 Å². The van der Waals surface area contributed by atoms with Crippen molar-refractivity contribution in [3.8, 4) is 5.88 Å². The van der Waals surface area contributed by atoms with Gasteiger partial charge in [0.1, 0.15) is 0 Å². The standard InChI is InChI=1S/C9H14N2O2/c1-3-7(4-2)13-9-6-10-8(12)5-11-9/h5-7H,3-4H2,1-2H3,(H,10,12). The van der Waals surface area contributed by atoms with Crippen LogP contribution in [0.2, 0.25) is 0 Å². The van der Waals surface area contributed by atoms with Gasteiger partial charge in [0.15, 0.2) is 0 Å². The maximum Gasteiger partial charge on any atom is 0.266 e. The summed E-state index contributed by atoms with van der Waals surface area (Å²) in [6.45, 7) is 4.11. The zero-order valence-corrected chi connectivity index (χ0v) is 7.91. The Morgan fingerprint density at radius 2 is 2.23 bits per heavy atom. The van der Waals surface area contributed by atoms with Gasteiger partial charge in [-0.05, 0) is 12.8 Å². The molecule has 0 aliphatic rings. The van der Waals surface area contributed by atoms with E-state index in [2.05, 4.69) is 23.8 Å². The van der Waals surface area contributed by atoms with Crippen molar-refractivity contribution >= 4 is 0 Å². The predicted molar refractivity (Wildman–Crippen MR) is 49.9 cm³/mol. The van der Waals surface area contributed by atoms with Crippen LogP contribution in [-0.2, 0) is 0 Å². The van der Waals surface area contributed by atoms with Crippen molar-refractivity contribution in [2.45, 2.75) is 32.8 Å². The average molecular weight is 182 g/mol. The van der Waals surface area contributed by atoms with E-state index < -0.39 is 0 Å². The molecule has 0 radical (unpaired) electrons. The molecule has 0 unspecified atom stereocenters. The first-order valence-electron chi connectivity index (χ1n) is 4.47. The van der Waals surface area contributed by atoms with E-state index in [4.69, 9.17) is 4.74 Å². The van der Waals surface area contributed by atoms with Gasteiger partial charge in [0.05, 0.1) is 18.5 Å². The molecule has 13 heavy (non-hydrogen) atoms. The molecule has 0 bridgehead atoms. The summed E-state index contributed by atoms with van der Waals surface area (Å²) in [4.78, 5) is 17.0. The molecule has 4 heteroatoms. The van der Waals surface area contributed by atoms with Crippen molar-refractivity contribution in [1.29, 1.82) is 0 Å². The number of hydrogen-bond donors (Lipinski definition) is 1. The molecule has 1 rings (SSSR count). The normalized spacial score (nSPS) is 10.4. The lowest BCUT2D eigenvalue weighted by Gasteiger charge is -2.13. The number of nitrogens with zero attached hydrogens (tertiary/aromatic N) is 1. The summed E-state index contributed by atoms with van der Waals surface area (Å²) in [6, 6.07) is 0. The maximum absolute atomic E-state index is 10.7. The highest BCUT2D eigenvalue weighted by molar-refractivity contribution is 5.01. The number of H-pyrrole nitrogens is 1. The van der Waals surface area contributed by atoms with E-state index in [-0.39, 0.29) is 11.7 Å². The van der Waals surface area contributed by atoms with E-state index in [1.165, 1.54) is 12.4 Å². The topological polar surface area (TPSA) is 55.0 Å². The van der Waals surface area contributed by atoms with E-state index >= 15 is 0 Å². The molecule has 1 aromatic heterocycles. The smallest absolute Gasteiger partial charge is 0.266 e. The molecule has 1 aromatic rings. The molecule has 1 N–H and O–H groups in total. The second kappa shape index (κ2) is 4.64. The van der Waals surface area contributed by atoms with Gasteiger partial charge in [-0.1, -0.05) is 13.8 Å². The van der Waals surface area contributed by atoms with E-state index in [0.717, 1.165) is 12.8 Å². The molecule has 0 aromatic carbocycles. The summed E-state index contributed by atoms with van der Waals surface area (Å²) < 4.78 is 5.49. The highest BCUT2D eigenvalue weighted by atomic mass is 16.5. The van der Waals surface area contributed by atoms with Gasteiger partial charge >= 0.3 is 0 Å². The molecular weight excluding hydrogens is 168 g/mol.